The van der Waals surface area contributed by atoms with Crippen molar-refractivity contribution in [3.05, 3.63) is 11.1 Å². The van der Waals surface area contributed by atoms with E-state index >= 15 is 0 Å². The van der Waals surface area contributed by atoms with Gasteiger partial charge in [-0.25, -0.2) is 4.98 Å². The molecule has 110 valence electrons. The largest absolute Gasteiger partial charge is 0.383 e. The topological polar surface area (TPSA) is 37.4 Å². The molecule has 1 rings (SSSR count). The minimum atomic E-state index is 0.247. The number of nitrogens with one attached hydrogen (secondary N) is 1. The van der Waals surface area contributed by atoms with Gasteiger partial charge in [0.2, 0.25) is 0 Å². The highest BCUT2D eigenvalue weighted by molar-refractivity contribution is 7.13. The van der Waals surface area contributed by atoms with Gasteiger partial charge in [-0.2, -0.15) is 0 Å². The van der Waals surface area contributed by atoms with Gasteiger partial charge in [0, 0.05) is 38.7 Å². The molecule has 0 fully saturated rings. The van der Waals surface area contributed by atoms with Gasteiger partial charge in [-0.15, -0.1) is 11.3 Å². The minimum Gasteiger partial charge on any atom is -0.383 e. The molecule has 1 unspecified atom stereocenters. The van der Waals surface area contributed by atoms with Crippen molar-refractivity contribution in [1.29, 1.82) is 0 Å². The third kappa shape index (κ3) is 5.09. The first-order valence-corrected chi connectivity index (χ1v) is 7.61. The molecule has 0 amide bonds. The van der Waals surface area contributed by atoms with E-state index in [-0.39, 0.29) is 5.41 Å². The maximum absolute atomic E-state index is 5.00. The Morgan fingerprint density at radius 3 is 2.74 bits per heavy atom. The Kier molecular flexibility index (Phi) is 6.23. The molecular formula is C14H27N3OS. The Morgan fingerprint density at radius 1 is 1.47 bits per heavy atom. The number of anilines is 1. The van der Waals surface area contributed by atoms with Crippen LogP contribution in [0.15, 0.2) is 5.38 Å². The number of ether oxygens (including phenoxy) is 1. The van der Waals surface area contributed by atoms with Gasteiger partial charge in [-0.1, -0.05) is 20.8 Å². The van der Waals surface area contributed by atoms with Crippen molar-refractivity contribution in [3.8, 4) is 0 Å². The van der Waals surface area contributed by atoms with Crippen molar-refractivity contribution < 1.29 is 4.74 Å². The molecule has 19 heavy (non-hydrogen) atoms. The van der Waals surface area contributed by atoms with Crippen molar-refractivity contribution in [2.24, 2.45) is 5.41 Å². The van der Waals surface area contributed by atoms with Gasteiger partial charge in [0.25, 0.3) is 0 Å². The molecular weight excluding hydrogens is 258 g/mol. The number of hydrogen-bond donors (Lipinski definition) is 1. The number of nitrogens with zero attached hydrogens (tertiary/aromatic N) is 2. The predicted molar refractivity (Wildman–Crippen MR) is 83.0 cm³/mol. The van der Waals surface area contributed by atoms with Gasteiger partial charge in [-0.05, 0) is 12.3 Å². The van der Waals surface area contributed by atoms with Crippen LogP contribution in [0, 0.1) is 5.41 Å². The predicted octanol–water partition coefficient (Wildman–Crippen LogP) is 2.75. The molecule has 1 N–H and O–H groups in total. The number of methoxy groups -OCH3 is 1. The Labute approximate surface area is 121 Å². The third-order valence-electron chi connectivity index (χ3n) is 3.46. The highest BCUT2D eigenvalue weighted by Crippen LogP contribution is 2.29. The molecule has 1 atom stereocenters. The van der Waals surface area contributed by atoms with E-state index in [2.05, 4.69) is 55.3 Å². The summed E-state index contributed by atoms with van der Waals surface area (Å²) in [6.45, 7) is 11.4. The Balaban J connectivity index is 2.54. The summed E-state index contributed by atoms with van der Waals surface area (Å²) in [7, 11) is 3.84. The molecule has 0 aromatic carbocycles. The van der Waals surface area contributed by atoms with Gasteiger partial charge in [0.05, 0.1) is 12.3 Å². The zero-order valence-corrected chi connectivity index (χ0v) is 13.8. The minimum absolute atomic E-state index is 0.247. The lowest BCUT2D eigenvalue weighted by molar-refractivity contribution is 0.199. The number of thiazole rings is 1. The molecule has 4 nitrogen and oxygen atoms in total. The average molecular weight is 285 g/mol. The normalized spacial score (nSPS) is 13.6. The van der Waals surface area contributed by atoms with Crippen molar-refractivity contribution >= 4 is 16.5 Å². The summed E-state index contributed by atoms with van der Waals surface area (Å²) >= 11 is 1.71. The van der Waals surface area contributed by atoms with Crippen LogP contribution >= 0.6 is 11.3 Å². The first-order valence-electron chi connectivity index (χ1n) is 6.73. The van der Waals surface area contributed by atoms with Gasteiger partial charge >= 0.3 is 0 Å². The van der Waals surface area contributed by atoms with E-state index in [9.17, 15) is 0 Å². The van der Waals surface area contributed by atoms with Gasteiger partial charge in [0.1, 0.15) is 0 Å². The van der Waals surface area contributed by atoms with E-state index in [0.29, 0.717) is 6.04 Å². The lowest BCUT2D eigenvalue weighted by Crippen LogP contribution is -2.39. The molecule has 0 spiro atoms. The van der Waals surface area contributed by atoms with Crippen LogP contribution in [0.25, 0.3) is 0 Å². The third-order valence-corrected chi connectivity index (χ3v) is 4.44. The van der Waals surface area contributed by atoms with Crippen molar-refractivity contribution in [1.82, 2.24) is 10.3 Å². The fraction of sp³-hybridized carbons (Fsp3) is 0.786. The monoisotopic (exact) mass is 285 g/mol. The van der Waals surface area contributed by atoms with Crippen LogP contribution in [0.5, 0.6) is 0 Å². The molecule has 0 radical (unpaired) electrons. The van der Waals surface area contributed by atoms with E-state index < -0.39 is 0 Å². The molecule has 0 saturated heterocycles. The fourth-order valence-electron chi connectivity index (χ4n) is 1.68. The zero-order chi connectivity index (χ0) is 14.5. The summed E-state index contributed by atoms with van der Waals surface area (Å²) in [5.41, 5.74) is 1.35. The molecule has 0 bridgehead atoms. The summed E-state index contributed by atoms with van der Waals surface area (Å²) in [6, 6.07) is 0.452. The van der Waals surface area contributed by atoms with Crippen molar-refractivity contribution in [2.45, 2.75) is 40.3 Å². The number of aromatic nitrogens is 1. The molecule has 1 heterocycles. The van der Waals surface area contributed by atoms with Crippen LogP contribution in [-0.2, 0) is 11.3 Å². The van der Waals surface area contributed by atoms with Crippen molar-refractivity contribution in [2.75, 3.05) is 32.2 Å². The van der Waals surface area contributed by atoms with Crippen LogP contribution in [0.3, 0.4) is 0 Å². The average Bonchev–Trinajstić information content (AvgIpc) is 2.80. The second kappa shape index (κ2) is 7.22. The Bertz CT molecular complexity index is 373. The van der Waals surface area contributed by atoms with Gasteiger partial charge in [-0.3, -0.25) is 0 Å². The first kappa shape index (κ1) is 16.4. The van der Waals surface area contributed by atoms with Crippen LogP contribution in [0.4, 0.5) is 5.13 Å². The molecule has 0 saturated carbocycles. The summed E-state index contributed by atoms with van der Waals surface area (Å²) < 4.78 is 5.00. The highest BCUT2D eigenvalue weighted by atomic mass is 32.1. The molecule has 1 aromatic rings. The van der Waals surface area contributed by atoms with E-state index in [1.54, 1.807) is 18.4 Å². The quantitative estimate of drug-likeness (QED) is 0.782. The van der Waals surface area contributed by atoms with E-state index in [1.165, 1.54) is 0 Å². The maximum atomic E-state index is 5.00. The Hall–Kier alpha value is -0.650. The summed E-state index contributed by atoms with van der Waals surface area (Å²) in [5.74, 6) is 0. The molecule has 0 aliphatic heterocycles. The SMILES string of the molecule is COCCNCc1csc(N(C)C(C)C(C)(C)C)n1. The molecule has 1 aromatic heterocycles. The van der Waals surface area contributed by atoms with Crippen LogP contribution in [0.2, 0.25) is 0 Å². The highest BCUT2D eigenvalue weighted by Gasteiger charge is 2.25. The molecule has 5 heteroatoms. The molecule has 0 aliphatic carbocycles. The smallest absolute Gasteiger partial charge is 0.185 e. The van der Waals surface area contributed by atoms with Crippen LogP contribution in [-0.4, -0.2) is 38.3 Å². The van der Waals surface area contributed by atoms with E-state index in [0.717, 1.165) is 30.5 Å². The van der Waals surface area contributed by atoms with Crippen LogP contribution < -0.4 is 10.2 Å². The second-order valence-corrected chi connectivity index (χ2v) is 6.78. The second-order valence-electron chi connectivity index (χ2n) is 5.94. The van der Waals surface area contributed by atoms with Crippen molar-refractivity contribution in [3.63, 3.8) is 0 Å². The summed E-state index contributed by atoms with van der Waals surface area (Å²) in [5, 5.41) is 6.53. The summed E-state index contributed by atoms with van der Waals surface area (Å²) in [4.78, 5) is 6.95. The lowest BCUT2D eigenvalue weighted by atomic mass is 9.87. The van der Waals surface area contributed by atoms with Crippen LogP contribution in [0.1, 0.15) is 33.4 Å². The molecule has 0 aliphatic rings. The fourth-order valence-corrected chi connectivity index (χ4v) is 2.55. The van der Waals surface area contributed by atoms with Gasteiger partial charge in [0.15, 0.2) is 5.13 Å². The number of rotatable bonds is 7. The maximum Gasteiger partial charge on any atom is 0.185 e. The Morgan fingerprint density at radius 2 is 2.16 bits per heavy atom. The van der Waals surface area contributed by atoms with Gasteiger partial charge < -0.3 is 15.0 Å². The summed E-state index contributed by atoms with van der Waals surface area (Å²) in [6.07, 6.45) is 0. The van der Waals surface area contributed by atoms with E-state index in [4.69, 9.17) is 4.74 Å². The number of hydrogen-bond acceptors (Lipinski definition) is 5. The lowest BCUT2D eigenvalue weighted by Gasteiger charge is -2.35. The standard InChI is InChI=1S/C14H27N3OS/c1-11(14(2,3)4)17(5)13-16-12(10-19-13)9-15-7-8-18-6/h10-11,15H,7-9H2,1-6H3. The zero-order valence-electron chi connectivity index (χ0n) is 13.0. The first-order chi connectivity index (χ1) is 8.86. The van der Waals surface area contributed by atoms with E-state index in [1.807, 2.05) is 0 Å².